The molecule has 13 heavy (non-hydrogen) atoms. The number of rotatable bonds is 3. The zero-order valence-corrected chi connectivity index (χ0v) is 10.1. The summed E-state index contributed by atoms with van der Waals surface area (Å²) in [7, 11) is 0. The van der Waals surface area contributed by atoms with E-state index in [0.717, 1.165) is 24.7 Å². The Morgan fingerprint density at radius 2 is 1.85 bits per heavy atom. The lowest BCUT2D eigenvalue weighted by atomic mass is 9.98. The predicted octanol–water partition coefficient (Wildman–Crippen LogP) is 3.23. The first-order valence-corrected chi connectivity index (χ1v) is 5.57. The van der Waals surface area contributed by atoms with Crippen LogP contribution in [-0.4, -0.2) is 6.29 Å². The van der Waals surface area contributed by atoms with Gasteiger partial charge in [-0.15, -0.1) is 0 Å². The van der Waals surface area contributed by atoms with Crippen molar-refractivity contribution in [1.29, 1.82) is 0 Å². The second-order valence-electron chi connectivity index (χ2n) is 2.92. The van der Waals surface area contributed by atoms with E-state index in [9.17, 15) is 4.79 Å². The van der Waals surface area contributed by atoms with Gasteiger partial charge in [-0.05, 0) is 52.6 Å². The second kappa shape index (κ2) is 4.74. The van der Waals surface area contributed by atoms with Crippen LogP contribution >= 0.6 is 22.6 Å². The van der Waals surface area contributed by atoms with Crippen molar-refractivity contribution in [1.82, 2.24) is 0 Å². The molecule has 0 aliphatic rings. The largest absolute Gasteiger partial charge is 0.298 e. The molecular formula is C11H13IO. The molecule has 1 aromatic carbocycles. The third-order valence-electron chi connectivity index (χ3n) is 2.24. The molecule has 70 valence electrons. The van der Waals surface area contributed by atoms with Gasteiger partial charge in [0, 0.05) is 9.13 Å². The number of halogens is 1. The van der Waals surface area contributed by atoms with E-state index in [-0.39, 0.29) is 0 Å². The van der Waals surface area contributed by atoms with Gasteiger partial charge >= 0.3 is 0 Å². The van der Waals surface area contributed by atoms with Crippen molar-refractivity contribution in [2.75, 3.05) is 0 Å². The number of carbonyl (C=O) groups excluding carboxylic acids is 1. The van der Waals surface area contributed by atoms with E-state index < -0.39 is 0 Å². The molecule has 1 nitrogen and oxygen atoms in total. The molecule has 0 amide bonds. The molecule has 2 heteroatoms. The van der Waals surface area contributed by atoms with Crippen molar-refractivity contribution in [2.24, 2.45) is 0 Å². The van der Waals surface area contributed by atoms with Crippen LogP contribution in [-0.2, 0) is 12.8 Å². The lowest BCUT2D eigenvalue weighted by Crippen LogP contribution is -1.99. The Hall–Kier alpha value is -0.380. The van der Waals surface area contributed by atoms with Crippen LogP contribution in [0.1, 0.15) is 35.3 Å². The Balaban J connectivity index is 3.35. The third-order valence-corrected chi connectivity index (χ3v) is 3.25. The van der Waals surface area contributed by atoms with Crippen molar-refractivity contribution in [3.8, 4) is 0 Å². The Labute approximate surface area is 92.7 Å². The van der Waals surface area contributed by atoms with Crippen LogP contribution in [0.5, 0.6) is 0 Å². The fourth-order valence-corrected chi connectivity index (χ4v) is 2.48. The highest BCUT2D eigenvalue weighted by molar-refractivity contribution is 14.1. The molecule has 1 aromatic rings. The minimum atomic E-state index is 0.847. The summed E-state index contributed by atoms with van der Waals surface area (Å²) in [5.74, 6) is 0. The van der Waals surface area contributed by atoms with Crippen LogP contribution in [0.4, 0.5) is 0 Å². The monoisotopic (exact) mass is 288 g/mol. The quantitative estimate of drug-likeness (QED) is 0.616. The molecular weight excluding hydrogens is 275 g/mol. The summed E-state index contributed by atoms with van der Waals surface area (Å²) in [6, 6.07) is 3.93. The SMILES string of the molecule is CCc1c(I)ccc(C=O)c1CC. The van der Waals surface area contributed by atoms with Gasteiger partial charge in [-0.1, -0.05) is 19.9 Å². The summed E-state index contributed by atoms with van der Waals surface area (Å²) in [6.45, 7) is 4.23. The molecule has 1 rings (SSSR count). The normalized spacial score (nSPS) is 10.1. The summed E-state index contributed by atoms with van der Waals surface area (Å²) >= 11 is 2.33. The molecule has 0 aromatic heterocycles. The molecule has 0 saturated carbocycles. The highest BCUT2D eigenvalue weighted by atomic mass is 127. The molecule has 0 fully saturated rings. The Bertz CT molecular complexity index is 318. The van der Waals surface area contributed by atoms with E-state index in [4.69, 9.17) is 0 Å². The summed E-state index contributed by atoms with van der Waals surface area (Å²) in [5.41, 5.74) is 3.39. The standard InChI is InChI=1S/C11H13IO/c1-3-9-8(7-13)5-6-11(12)10(9)4-2/h5-7H,3-4H2,1-2H3. The molecule has 0 heterocycles. The van der Waals surface area contributed by atoms with Crippen LogP contribution in [0.3, 0.4) is 0 Å². The third kappa shape index (κ3) is 2.10. The second-order valence-corrected chi connectivity index (χ2v) is 4.08. The predicted molar refractivity (Wildman–Crippen MR) is 63.3 cm³/mol. The fourth-order valence-electron chi connectivity index (χ4n) is 1.59. The first-order chi connectivity index (χ1) is 6.24. The van der Waals surface area contributed by atoms with E-state index >= 15 is 0 Å². The maximum atomic E-state index is 10.8. The maximum absolute atomic E-state index is 10.8. The maximum Gasteiger partial charge on any atom is 0.150 e. The highest BCUT2D eigenvalue weighted by Crippen LogP contribution is 2.21. The molecule has 0 aliphatic heterocycles. The van der Waals surface area contributed by atoms with Crippen LogP contribution < -0.4 is 0 Å². The van der Waals surface area contributed by atoms with E-state index in [1.165, 1.54) is 14.7 Å². The zero-order chi connectivity index (χ0) is 9.84. The number of hydrogen-bond donors (Lipinski definition) is 0. The van der Waals surface area contributed by atoms with Crippen molar-refractivity contribution in [3.63, 3.8) is 0 Å². The van der Waals surface area contributed by atoms with Crippen LogP contribution in [0.15, 0.2) is 12.1 Å². The molecule has 0 radical (unpaired) electrons. The van der Waals surface area contributed by atoms with Gasteiger partial charge in [0.1, 0.15) is 6.29 Å². The van der Waals surface area contributed by atoms with Gasteiger partial charge in [0.25, 0.3) is 0 Å². The Morgan fingerprint density at radius 1 is 1.23 bits per heavy atom. The Morgan fingerprint density at radius 3 is 2.31 bits per heavy atom. The molecule has 0 unspecified atom stereocenters. The highest BCUT2D eigenvalue weighted by Gasteiger charge is 2.07. The topological polar surface area (TPSA) is 17.1 Å². The molecule has 0 N–H and O–H groups in total. The van der Waals surface area contributed by atoms with Crippen LogP contribution in [0.25, 0.3) is 0 Å². The first-order valence-electron chi connectivity index (χ1n) is 4.50. The average molecular weight is 288 g/mol. The van der Waals surface area contributed by atoms with E-state index in [1.54, 1.807) is 0 Å². The van der Waals surface area contributed by atoms with Gasteiger partial charge in [0.2, 0.25) is 0 Å². The molecule has 0 aliphatic carbocycles. The number of aldehydes is 1. The van der Waals surface area contributed by atoms with Gasteiger partial charge < -0.3 is 0 Å². The molecule has 0 saturated heterocycles. The van der Waals surface area contributed by atoms with Gasteiger partial charge in [0.05, 0.1) is 0 Å². The molecule has 0 spiro atoms. The van der Waals surface area contributed by atoms with E-state index in [1.807, 2.05) is 12.1 Å². The zero-order valence-electron chi connectivity index (χ0n) is 7.93. The minimum absolute atomic E-state index is 0.847. The molecule has 0 atom stereocenters. The van der Waals surface area contributed by atoms with Gasteiger partial charge in [-0.25, -0.2) is 0 Å². The summed E-state index contributed by atoms with van der Waals surface area (Å²) in [4.78, 5) is 10.8. The minimum Gasteiger partial charge on any atom is -0.298 e. The summed E-state index contributed by atoms with van der Waals surface area (Å²) in [5, 5.41) is 0. The van der Waals surface area contributed by atoms with Gasteiger partial charge in [-0.3, -0.25) is 4.79 Å². The average Bonchev–Trinajstić information content (AvgIpc) is 2.17. The fraction of sp³-hybridized carbons (Fsp3) is 0.364. The van der Waals surface area contributed by atoms with E-state index in [2.05, 4.69) is 36.4 Å². The lowest BCUT2D eigenvalue weighted by Gasteiger charge is -2.10. The Kier molecular flexibility index (Phi) is 3.90. The number of hydrogen-bond acceptors (Lipinski definition) is 1. The van der Waals surface area contributed by atoms with Crippen molar-refractivity contribution >= 4 is 28.9 Å². The molecule has 0 bridgehead atoms. The van der Waals surface area contributed by atoms with Crippen molar-refractivity contribution < 1.29 is 4.79 Å². The van der Waals surface area contributed by atoms with Crippen molar-refractivity contribution in [2.45, 2.75) is 26.7 Å². The first kappa shape index (κ1) is 10.7. The van der Waals surface area contributed by atoms with Crippen molar-refractivity contribution in [3.05, 3.63) is 32.4 Å². The van der Waals surface area contributed by atoms with Gasteiger partial charge in [0.15, 0.2) is 0 Å². The van der Waals surface area contributed by atoms with Crippen LogP contribution in [0, 0.1) is 3.57 Å². The van der Waals surface area contributed by atoms with Crippen LogP contribution in [0.2, 0.25) is 0 Å². The van der Waals surface area contributed by atoms with E-state index in [0.29, 0.717) is 0 Å². The lowest BCUT2D eigenvalue weighted by molar-refractivity contribution is 0.112. The van der Waals surface area contributed by atoms with Gasteiger partial charge in [-0.2, -0.15) is 0 Å². The summed E-state index contributed by atoms with van der Waals surface area (Å²) in [6.07, 6.45) is 2.89. The number of benzene rings is 1. The number of carbonyl (C=O) groups is 1. The smallest absolute Gasteiger partial charge is 0.150 e. The summed E-state index contributed by atoms with van der Waals surface area (Å²) < 4.78 is 1.27.